The number of carbonyl (C=O) groups excluding carboxylic acids is 1. The molecular formula is C35H37Cl2N3O7S. The van der Waals surface area contributed by atoms with Gasteiger partial charge in [0.2, 0.25) is 0 Å². The lowest BCUT2D eigenvalue weighted by Crippen LogP contribution is -2.34. The molecule has 48 heavy (non-hydrogen) atoms. The molecule has 4 aromatic rings. The monoisotopic (exact) mass is 713 g/mol. The van der Waals surface area contributed by atoms with Crippen LogP contribution in [-0.4, -0.2) is 62.4 Å². The number of likely N-dealkylation sites (N-methyl/N-ethyl adjacent to an activating group) is 1. The molecule has 0 bridgehead atoms. The topological polar surface area (TPSA) is 124 Å². The van der Waals surface area contributed by atoms with E-state index in [1.807, 2.05) is 49.5 Å². The van der Waals surface area contributed by atoms with Crippen molar-refractivity contribution >= 4 is 46.5 Å². The molecule has 2 N–H and O–H groups in total. The van der Waals surface area contributed by atoms with Gasteiger partial charge in [-0.3, -0.25) is 5.32 Å². The molecule has 2 aromatic heterocycles. The third-order valence-corrected chi connectivity index (χ3v) is 10.4. The van der Waals surface area contributed by atoms with E-state index in [4.69, 9.17) is 37.4 Å². The number of nitrogens with zero attached hydrogens (tertiary/aromatic N) is 2. The summed E-state index contributed by atoms with van der Waals surface area (Å²) in [7, 11) is 5.08. The quantitative estimate of drug-likeness (QED) is 0.0887. The highest BCUT2D eigenvalue weighted by atomic mass is 35.5. The minimum Gasteiger partial charge on any atom is -0.619 e. The molecule has 1 unspecified atom stereocenters. The molecule has 254 valence electrons. The third kappa shape index (κ3) is 8.22. The average molecular weight is 715 g/mol. The number of esters is 1. The first-order valence-electron chi connectivity index (χ1n) is 15.4. The Bertz CT molecular complexity index is 1730. The molecule has 13 heteroatoms. The van der Waals surface area contributed by atoms with E-state index in [-0.39, 0.29) is 33.9 Å². The van der Waals surface area contributed by atoms with Crippen molar-refractivity contribution in [2.24, 2.45) is 0 Å². The normalized spacial score (nSPS) is 16.0. The maximum absolute atomic E-state index is 13.4. The van der Waals surface area contributed by atoms with Crippen LogP contribution in [0, 0.1) is 5.21 Å². The second-order valence-electron chi connectivity index (χ2n) is 11.6. The number of hydrogen-bond donors (Lipinski definition) is 2. The molecule has 10 nitrogen and oxygen atoms in total. The molecule has 1 fully saturated rings. The van der Waals surface area contributed by atoms with Gasteiger partial charge in [-0.1, -0.05) is 59.6 Å². The van der Waals surface area contributed by atoms with Crippen LogP contribution in [0.4, 0.5) is 0 Å². The molecule has 5 rings (SSSR count). The lowest BCUT2D eigenvalue weighted by molar-refractivity contribution is -0.605. The van der Waals surface area contributed by atoms with Gasteiger partial charge in [-0.2, -0.15) is 4.73 Å². The summed E-state index contributed by atoms with van der Waals surface area (Å²) in [4.78, 5) is 29.2. The molecule has 1 aliphatic rings. The second-order valence-corrected chi connectivity index (χ2v) is 13.5. The first-order chi connectivity index (χ1) is 23.1. The zero-order valence-corrected chi connectivity index (χ0v) is 29.1. The Kier molecular flexibility index (Phi) is 11.8. The maximum atomic E-state index is 13.4. The molecule has 0 saturated carbocycles. The van der Waals surface area contributed by atoms with E-state index in [1.54, 1.807) is 12.1 Å². The average Bonchev–Trinajstić information content (AvgIpc) is 3.69. The number of carboxylic acids is 1. The number of benzene rings is 2. The summed E-state index contributed by atoms with van der Waals surface area (Å²) in [5, 5.41) is 26.0. The number of aromatic nitrogens is 1. The minimum atomic E-state index is -1.10. The molecule has 0 radical (unpaired) electrons. The smallest absolute Gasteiger partial charge is 0.346 e. The Morgan fingerprint density at radius 2 is 1.77 bits per heavy atom. The van der Waals surface area contributed by atoms with Gasteiger partial charge < -0.3 is 29.4 Å². The van der Waals surface area contributed by atoms with Crippen LogP contribution in [-0.2, 0) is 22.5 Å². The van der Waals surface area contributed by atoms with Crippen LogP contribution in [0.2, 0.25) is 10.0 Å². The van der Waals surface area contributed by atoms with Gasteiger partial charge in [0.25, 0.3) is 0 Å². The van der Waals surface area contributed by atoms with E-state index in [0.29, 0.717) is 38.8 Å². The number of hydrogen-bond acceptors (Lipinski definition) is 9. The molecule has 0 aliphatic carbocycles. The fraction of sp³-hybridized carbons (Fsp3) is 0.343. The number of rotatable bonds is 14. The summed E-state index contributed by atoms with van der Waals surface area (Å²) in [5.74, 6) is -1.09. The molecule has 1 saturated heterocycles. The number of methoxy groups -OCH3 is 2. The number of pyridine rings is 1. The Hall–Kier alpha value is -3.87. The van der Waals surface area contributed by atoms with Gasteiger partial charge in [0.15, 0.2) is 23.9 Å². The second kappa shape index (κ2) is 16.0. The zero-order chi connectivity index (χ0) is 34.4. The standard InChI is InChI=1S/C35H37Cl2N3O7S/c1-39-13-7-10-23(39)20-47-35(43)32(21-8-5-4-6-9-21)38-17-24-15-26(33(48-24)34(41)42)25(16-27-28(36)18-40(44)19-29(27)37)22-11-12-30(45-2)31(14-22)46-3/h4-6,8-9,11-12,14-15,18-19,23,25,32,38H,7,10,13,16-17,20H2,1-3H3,(H,41,42)/t23-,25+,32?/m1/s1. The van der Waals surface area contributed by atoms with Crippen molar-refractivity contribution in [2.45, 2.75) is 43.8 Å². The van der Waals surface area contributed by atoms with Gasteiger partial charge in [-0.05, 0) is 67.7 Å². The van der Waals surface area contributed by atoms with E-state index in [1.165, 1.54) is 26.6 Å². The lowest BCUT2D eigenvalue weighted by Gasteiger charge is -2.22. The first kappa shape index (κ1) is 35.4. The SMILES string of the molecule is COc1ccc([C@H](Cc2c(Cl)c[n+]([O-])cc2Cl)c2cc(CNC(C(=O)OC[C@H]3CCCN3C)c3ccccc3)sc2C(=O)O)cc1OC. The summed E-state index contributed by atoms with van der Waals surface area (Å²) in [6.45, 7) is 1.47. The highest BCUT2D eigenvalue weighted by Gasteiger charge is 2.30. The molecular weight excluding hydrogens is 677 g/mol. The number of nitrogens with one attached hydrogen (secondary N) is 1. The highest BCUT2D eigenvalue weighted by molar-refractivity contribution is 7.14. The van der Waals surface area contributed by atoms with Gasteiger partial charge in [0, 0.05) is 28.9 Å². The van der Waals surface area contributed by atoms with Gasteiger partial charge in [0.05, 0.1) is 14.2 Å². The predicted octanol–water partition coefficient (Wildman–Crippen LogP) is 6.25. The van der Waals surface area contributed by atoms with Crippen molar-refractivity contribution in [1.82, 2.24) is 10.2 Å². The number of thiophene rings is 1. The zero-order valence-electron chi connectivity index (χ0n) is 26.8. The summed E-state index contributed by atoms with van der Waals surface area (Å²) in [5.41, 5.74) is 2.48. The van der Waals surface area contributed by atoms with Crippen molar-refractivity contribution in [3.8, 4) is 11.5 Å². The highest BCUT2D eigenvalue weighted by Crippen LogP contribution is 2.41. The van der Waals surface area contributed by atoms with E-state index >= 15 is 0 Å². The number of carboxylic acid groups (broad SMARTS) is 1. The van der Waals surface area contributed by atoms with Crippen molar-refractivity contribution in [1.29, 1.82) is 0 Å². The third-order valence-electron chi connectivity index (χ3n) is 8.60. The van der Waals surface area contributed by atoms with Gasteiger partial charge in [-0.15, -0.1) is 11.3 Å². The molecule has 2 aromatic carbocycles. The number of halogens is 2. The predicted molar refractivity (Wildman–Crippen MR) is 184 cm³/mol. The van der Waals surface area contributed by atoms with Crippen LogP contribution in [0.25, 0.3) is 0 Å². The first-order valence-corrected chi connectivity index (χ1v) is 17.0. The Morgan fingerprint density at radius 3 is 2.40 bits per heavy atom. The Labute approximate surface area is 293 Å². The molecule has 3 atom stereocenters. The van der Waals surface area contributed by atoms with Crippen LogP contribution in [0.3, 0.4) is 0 Å². The molecule has 0 amide bonds. The number of carbonyl (C=O) groups is 2. The number of ether oxygens (including phenoxy) is 3. The summed E-state index contributed by atoms with van der Waals surface area (Å²) in [6.07, 6.45) is 4.65. The molecule has 3 heterocycles. The van der Waals surface area contributed by atoms with Crippen molar-refractivity contribution in [3.05, 3.63) is 114 Å². The van der Waals surface area contributed by atoms with Crippen LogP contribution < -0.4 is 19.5 Å². The van der Waals surface area contributed by atoms with Crippen LogP contribution >= 0.6 is 34.5 Å². The van der Waals surface area contributed by atoms with Gasteiger partial charge >= 0.3 is 11.9 Å². The van der Waals surface area contributed by atoms with Crippen molar-refractivity contribution < 1.29 is 33.6 Å². The van der Waals surface area contributed by atoms with E-state index in [0.717, 1.165) is 41.9 Å². The Balaban J connectivity index is 1.48. The van der Waals surface area contributed by atoms with Crippen LogP contribution in [0.15, 0.2) is 67.0 Å². The van der Waals surface area contributed by atoms with E-state index < -0.39 is 23.9 Å². The van der Waals surface area contributed by atoms with E-state index in [9.17, 15) is 19.9 Å². The number of likely N-dealkylation sites (tertiary alicyclic amines) is 1. The maximum Gasteiger partial charge on any atom is 0.346 e. The summed E-state index contributed by atoms with van der Waals surface area (Å²) in [6, 6.07) is 15.9. The fourth-order valence-corrected chi connectivity index (χ4v) is 7.62. The molecule has 1 aliphatic heterocycles. The lowest BCUT2D eigenvalue weighted by atomic mass is 9.85. The summed E-state index contributed by atoms with van der Waals surface area (Å²) < 4.78 is 17.3. The van der Waals surface area contributed by atoms with Gasteiger partial charge in [-0.25, -0.2) is 9.59 Å². The van der Waals surface area contributed by atoms with E-state index in [2.05, 4.69) is 10.2 Å². The summed E-state index contributed by atoms with van der Waals surface area (Å²) >= 11 is 14.1. The largest absolute Gasteiger partial charge is 0.619 e. The number of aromatic carboxylic acids is 1. The fourth-order valence-electron chi connectivity index (χ4n) is 6.02. The minimum absolute atomic E-state index is 0.122. The Morgan fingerprint density at radius 1 is 1.06 bits per heavy atom. The van der Waals surface area contributed by atoms with Crippen LogP contribution in [0.1, 0.15) is 61.6 Å². The van der Waals surface area contributed by atoms with Crippen LogP contribution in [0.5, 0.6) is 11.5 Å². The molecule has 0 spiro atoms. The van der Waals surface area contributed by atoms with Gasteiger partial charge in [0.1, 0.15) is 27.6 Å². The van der Waals surface area contributed by atoms with Crippen molar-refractivity contribution in [3.63, 3.8) is 0 Å². The van der Waals surface area contributed by atoms with Crippen molar-refractivity contribution in [2.75, 3.05) is 34.4 Å².